The first-order valence-electron chi connectivity index (χ1n) is 8.67. The predicted molar refractivity (Wildman–Crippen MR) is 110 cm³/mol. The highest BCUT2D eigenvalue weighted by Gasteiger charge is 2.21. The van der Waals surface area contributed by atoms with Gasteiger partial charge in [-0.3, -0.25) is 9.36 Å². The van der Waals surface area contributed by atoms with E-state index in [4.69, 9.17) is 0 Å². The molecule has 0 aliphatic rings. The number of aromatic nitrogens is 6. The molecule has 0 amide bonds. The van der Waals surface area contributed by atoms with Gasteiger partial charge in [0.25, 0.3) is 6.43 Å². The maximum Gasteiger partial charge on any atom is 0.283 e. The second-order valence-electron chi connectivity index (χ2n) is 6.25. The van der Waals surface area contributed by atoms with Crippen LogP contribution < -0.4 is 5.32 Å². The lowest BCUT2D eigenvalue weighted by molar-refractivity contribution is 0.144. The largest absolute Gasteiger partial charge is 0.313 e. The Kier molecular flexibility index (Phi) is 5.67. The molecule has 0 fully saturated rings. The number of nitrogens with zero attached hydrogens (tertiary/aromatic N) is 6. The van der Waals surface area contributed by atoms with Crippen molar-refractivity contribution in [1.29, 1.82) is 0 Å². The quantitative estimate of drug-likeness (QED) is 0.412. The highest BCUT2D eigenvalue weighted by molar-refractivity contribution is 9.10. The Balaban J connectivity index is 1.42. The summed E-state index contributed by atoms with van der Waals surface area (Å²) in [5, 5.41) is 21.0. The molecule has 3 heterocycles. The van der Waals surface area contributed by atoms with Crippen LogP contribution >= 0.6 is 27.3 Å². The SMILES string of the molecule is Cc1c(Br)c(C(F)F)nn1Cc1nnc(Nc2ccn(Cc3ccccc3)n2)s1. The fourth-order valence-electron chi connectivity index (χ4n) is 2.73. The minimum atomic E-state index is -2.64. The zero-order valence-corrected chi connectivity index (χ0v) is 17.7. The highest BCUT2D eigenvalue weighted by atomic mass is 79.9. The summed E-state index contributed by atoms with van der Waals surface area (Å²) in [4.78, 5) is 0. The van der Waals surface area contributed by atoms with E-state index >= 15 is 0 Å². The van der Waals surface area contributed by atoms with Crippen LogP contribution in [0.15, 0.2) is 47.1 Å². The first-order valence-corrected chi connectivity index (χ1v) is 10.3. The zero-order valence-electron chi connectivity index (χ0n) is 15.3. The van der Waals surface area contributed by atoms with Gasteiger partial charge in [0.15, 0.2) is 5.82 Å². The Morgan fingerprint density at radius 2 is 1.90 bits per heavy atom. The number of alkyl halides is 2. The van der Waals surface area contributed by atoms with Crippen LogP contribution in [0.3, 0.4) is 0 Å². The van der Waals surface area contributed by atoms with Crippen LogP contribution in [0, 0.1) is 6.92 Å². The standard InChI is InChI=1S/C18H16BrF2N7S/c1-11-15(19)16(17(20)21)26-28(11)10-14-23-24-18(29-14)22-13-7-8-27(25-13)9-12-5-3-2-4-6-12/h2-8,17H,9-10H2,1H3,(H,22,24,25). The van der Waals surface area contributed by atoms with Crippen LogP contribution in [-0.4, -0.2) is 29.8 Å². The Morgan fingerprint density at radius 3 is 2.62 bits per heavy atom. The molecule has 0 spiro atoms. The van der Waals surface area contributed by atoms with Crippen molar-refractivity contribution in [2.24, 2.45) is 0 Å². The lowest BCUT2D eigenvalue weighted by atomic mass is 10.2. The minimum absolute atomic E-state index is 0.263. The van der Waals surface area contributed by atoms with E-state index in [1.165, 1.54) is 16.0 Å². The molecule has 7 nitrogen and oxygen atoms in total. The molecule has 4 rings (SSSR count). The number of anilines is 2. The van der Waals surface area contributed by atoms with Gasteiger partial charge in [0.2, 0.25) is 5.13 Å². The Morgan fingerprint density at radius 1 is 1.10 bits per heavy atom. The van der Waals surface area contributed by atoms with Crippen LogP contribution in [0.5, 0.6) is 0 Å². The summed E-state index contributed by atoms with van der Waals surface area (Å²) in [7, 11) is 0. The van der Waals surface area contributed by atoms with Gasteiger partial charge in [-0.1, -0.05) is 41.7 Å². The van der Waals surface area contributed by atoms with Crippen LogP contribution in [-0.2, 0) is 13.1 Å². The normalized spacial score (nSPS) is 11.3. The van der Waals surface area contributed by atoms with Gasteiger partial charge in [-0.2, -0.15) is 10.2 Å². The summed E-state index contributed by atoms with van der Waals surface area (Å²) in [5.41, 5.74) is 1.50. The van der Waals surface area contributed by atoms with Gasteiger partial charge in [-0.05, 0) is 28.4 Å². The fraction of sp³-hybridized carbons (Fsp3) is 0.222. The van der Waals surface area contributed by atoms with Crippen LogP contribution in [0.4, 0.5) is 19.7 Å². The van der Waals surface area contributed by atoms with E-state index in [0.717, 1.165) is 5.56 Å². The maximum absolute atomic E-state index is 13.0. The number of nitrogens with one attached hydrogen (secondary N) is 1. The number of hydrogen-bond donors (Lipinski definition) is 1. The molecule has 1 aromatic carbocycles. The van der Waals surface area contributed by atoms with E-state index in [1.807, 2.05) is 47.3 Å². The molecule has 0 atom stereocenters. The second kappa shape index (κ2) is 8.37. The van der Waals surface area contributed by atoms with E-state index < -0.39 is 6.43 Å². The van der Waals surface area contributed by atoms with Gasteiger partial charge < -0.3 is 5.32 Å². The number of hydrogen-bond acceptors (Lipinski definition) is 6. The summed E-state index contributed by atoms with van der Waals surface area (Å²) in [6.45, 7) is 2.66. The van der Waals surface area contributed by atoms with Crippen molar-refractivity contribution in [2.75, 3.05) is 5.32 Å². The zero-order chi connectivity index (χ0) is 20.4. The molecule has 0 aliphatic heterocycles. The molecule has 3 aromatic heterocycles. The van der Waals surface area contributed by atoms with Gasteiger partial charge in [0, 0.05) is 12.3 Å². The molecule has 0 aliphatic carbocycles. The molecule has 11 heteroatoms. The van der Waals surface area contributed by atoms with E-state index in [2.05, 4.69) is 41.6 Å². The van der Waals surface area contributed by atoms with E-state index in [-0.39, 0.29) is 12.2 Å². The van der Waals surface area contributed by atoms with Gasteiger partial charge in [0.1, 0.15) is 10.7 Å². The van der Waals surface area contributed by atoms with Crippen molar-refractivity contribution in [2.45, 2.75) is 26.4 Å². The lowest BCUT2D eigenvalue weighted by Gasteiger charge is -2.01. The summed E-state index contributed by atoms with van der Waals surface area (Å²) < 4.78 is 29.6. The summed E-state index contributed by atoms with van der Waals surface area (Å²) in [5.74, 6) is 0.654. The molecule has 0 saturated heterocycles. The number of halogens is 3. The Labute approximate surface area is 177 Å². The van der Waals surface area contributed by atoms with Crippen LogP contribution in [0.25, 0.3) is 0 Å². The summed E-state index contributed by atoms with van der Waals surface area (Å²) >= 11 is 4.49. The Hall–Kier alpha value is -2.66. The fourth-order valence-corrected chi connectivity index (χ4v) is 3.92. The van der Waals surface area contributed by atoms with Gasteiger partial charge in [-0.25, -0.2) is 8.78 Å². The van der Waals surface area contributed by atoms with Crippen molar-refractivity contribution >= 4 is 38.2 Å². The minimum Gasteiger partial charge on any atom is -0.313 e. The molecular weight excluding hydrogens is 464 g/mol. The molecule has 0 saturated carbocycles. The van der Waals surface area contributed by atoms with Gasteiger partial charge >= 0.3 is 0 Å². The van der Waals surface area contributed by atoms with E-state index in [1.54, 1.807) is 6.92 Å². The lowest BCUT2D eigenvalue weighted by Crippen LogP contribution is -2.04. The summed E-state index contributed by atoms with van der Waals surface area (Å²) in [6, 6.07) is 11.9. The smallest absolute Gasteiger partial charge is 0.283 e. The number of rotatable bonds is 7. The van der Waals surface area contributed by atoms with Crippen molar-refractivity contribution in [3.05, 3.63) is 69.0 Å². The van der Waals surface area contributed by atoms with E-state index in [9.17, 15) is 8.78 Å². The Bertz CT molecular complexity index is 1110. The third kappa shape index (κ3) is 4.51. The topological polar surface area (TPSA) is 73.5 Å². The van der Waals surface area contributed by atoms with Crippen molar-refractivity contribution in [3.63, 3.8) is 0 Å². The molecule has 0 radical (unpaired) electrons. The molecule has 0 unspecified atom stereocenters. The number of benzene rings is 1. The first-order chi connectivity index (χ1) is 14.0. The third-order valence-corrected chi connectivity index (χ3v) is 5.98. The molecule has 0 bridgehead atoms. The third-order valence-electron chi connectivity index (χ3n) is 4.18. The van der Waals surface area contributed by atoms with Crippen LogP contribution in [0.2, 0.25) is 0 Å². The highest BCUT2D eigenvalue weighted by Crippen LogP contribution is 2.30. The first kappa shape index (κ1) is 19.6. The predicted octanol–water partition coefficient (Wildman–Crippen LogP) is 4.78. The van der Waals surface area contributed by atoms with Crippen molar-refractivity contribution in [3.8, 4) is 0 Å². The van der Waals surface area contributed by atoms with E-state index in [0.29, 0.717) is 32.7 Å². The second-order valence-corrected chi connectivity index (χ2v) is 8.11. The van der Waals surface area contributed by atoms with Crippen molar-refractivity contribution in [1.82, 2.24) is 29.8 Å². The molecule has 1 N–H and O–H groups in total. The molecule has 150 valence electrons. The maximum atomic E-state index is 13.0. The molecular formula is C18H16BrF2N7S. The molecule has 4 aromatic rings. The summed E-state index contributed by atoms with van der Waals surface area (Å²) in [6.07, 6.45) is -0.754. The van der Waals surface area contributed by atoms with Gasteiger partial charge in [0.05, 0.1) is 23.3 Å². The monoisotopic (exact) mass is 479 g/mol. The van der Waals surface area contributed by atoms with Gasteiger partial charge in [-0.15, -0.1) is 10.2 Å². The average molecular weight is 480 g/mol. The molecule has 29 heavy (non-hydrogen) atoms. The van der Waals surface area contributed by atoms with Crippen LogP contribution in [0.1, 0.15) is 28.4 Å². The average Bonchev–Trinajstić information content (AvgIpc) is 3.40. The van der Waals surface area contributed by atoms with Crippen molar-refractivity contribution < 1.29 is 8.78 Å².